The zero-order valence-corrected chi connectivity index (χ0v) is 8.78. The van der Waals surface area contributed by atoms with E-state index in [9.17, 15) is 0 Å². The van der Waals surface area contributed by atoms with Gasteiger partial charge in [-0.05, 0) is 11.8 Å². The van der Waals surface area contributed by atoms with Crippen LogP contribution in [0.3, 0.4) is 0 Å². The van der Waals surface area contributed by atoms with Crippen LogP contribution in [0.4, 0.5) is 0 Å². The van der Waals surface area contributed by atoms with E-state index in [1.165, 1.54) is 0 Å². The van der Waals surface area contributed by atoms with Crippen molar-refractivity contribution in [3.63, 3.8) is 0 Å². The molecular weight excluding hydrogens is 162 g/mol. The second-order valence-corrected chi connectivity index (χ2v) is 3.82. The first-order valence-electron chi connectivity index (χ1n) is 4.77. The van der Waals surface area contributed by atoms with E-state index in [1.54, 1.807) is 0 Å². The summed E-state index contributed by atoms with van der Waals surface area (Å²) in [7, 11) is 0. The number of hydrogen-bond donors (Lipinski definition) is 0. The molecular formula is C10H17N3. The molecule has 13 heavy (non-hydrogen) atoms. The third-order valence-electron chi connectivity index (χ3n) is 1.93. The van der Waals surface area contributed by atoms with Crippen LogP contribution >= 0.6 is 0 Å². The van der Waals surface area contributed by atoms with E-state index in [4.69, 9.17) is 0 Å². The third kappa shape index (κ3) is 2.47. The van der Waals surface area contributed by atoms with Crippen LogP contribution in [-0.2, 0) is 0 Å². The monoisotopic (exact) mass is 179 g/mol. The molecule has 0 atom stereocenters. The Bertz CT molecular complexity index is 233. The summed E-state index contributed by atoms with van der Waals surface area (Å²) in [5.41, 5.74) is 2.11. The van der Waals surface area contributed by atoms with Crippen LogP contribution in [0.15, 0.2) is 26.6 Å². The highest BCUT2D eigenvalue weighted by Crippen LogP contribution is 2.24. The van der Waals surface area contributed by atoms with E-state index in [-0.39, 0.29) is 0 Å². The van der Waals surface area contributed by atoms with E-state index in [0.29, 0.717) is 18.4 Å². The summed E-state index contributed by atoms with van der Waals surface area (Å²) in [6, 6.07) is 0. The summed E-state index contributed by atoms with van der Waals surface area (Å²) in [5.74, 6) is 0.821. The van der Waals surface area contributed by atoms with Crippen LogP contribution in [0, 0.1) is 11.8 Å². The predicted octanol–water partition coefficient (Wildman–Crippen LogP) is 3.05. The van der Waals surface area contributed by atoms with Crippen LogP contribution in [0.1, 0.15) is 27.7 Å². The molecule has 0 unspecified atom stereocenters. The zero-order chi connectivity index (χ0) is 9.84. The summed E-state index contributed by atoms with van der Waals surface area (Å²) in [5, 5.41) is 8.23. The Balaban J connectivity index is 3.07. The molecule has 72 valence electrons. The molecule has 0 bridgehead atoms. The van der Waals surface area contributed by atoms with Gasteiger partial charge in [0.25, 0.3) is 0 Å². The first-order chi connectivity index (χ1) is 6.13. The van der Waals surface area contributed by atoms with Gasteiger partial charge in [-0.15, -0.1) is 0 Å². The molecule has 1 rings (SSSR count). The van der Waals surface area contributed by atoms with Gasteiger partial charge in [0.1, 0.15) is 0 Å². The molecule has 3 heteroatoms. The topological polar surface area (TPSA) is 37.1 Å². The summed E-state index contributed by atoms with van der Waals surface area (Å²) in [4.78, 5) is 4.39. The summed E-state index contributed by atoms with van der Waals surface area (Å²) >= 11 is 0. The fraction of sp³-hybridized carbons (Fsp3) is 0.700. The lowest BCUT2D eigenvalue weighted by atomic mass is 10.0. The minimum atomic E-state index is 0.399. The first kappa shape index (κ1) is 10.1. The third-order valence-corrected chi connectivity index (χ3v) is 1.93. The van der Waals surface area contributed by atoms with Crippen LogP contribution in [0.5, 0.6) is 0 Å². The van der Waals surface area contributed by atoms with Crippen LogP contribution in [-0.4, -0.2) is 12.8 Å². The van der Waals surface area contributed by atoms with E-state index in [2.05, 4.69) is 42.9 Å². The predicted molar refractivity (Wildman–Crippen MR) is 54.9 cm³/mol. The van der Waals surface area contributed by atoms with E-state index in [0.717, 1.165) is 11.4 Å². The molecule has 1 heterocycles. The summed E-state index contributed by atoms with van der Waals surface area (Å²) in [6.45, 7) is 9.12. The Morgan fingerprint density at radius 2 is 1.69 bits per heavy atom. The molecule has 0 aromatic heterocycles. The van der Waals surface area contributed by atoms with Crippen molar-refractivity contribution < 1.29 is 0 Å². The number of allylic oxidation sites excluding steroid dienone is 2. The maximum atomic E-state index is 4.39. The molecule has 0 aliphatic carbocycles. The van der Waals surface area contributed by atoms with Crippen molar-refractivity contribution in [3.05, 3.63) is 11.4 Å². The normalized spacial score (nSPS) is 17.4. The number of aliphatic imine (C=N–C) groups is 1. The first-order valence-corrected chi connectivity index (χ1v) is 4.77. The van der Waals surface area contributed by atoms with Crippen molar-refractivity contribution in [2.24, 2.45) is 27.1 Å². The lowest BCUT2D eigenvalue weighted by Gasteiger charge is -2.11. The average molecular weight is 179 g/mol. The molecule has 3 nitrogen and oxygen atoms in total. The van der Waals surface area contributed by atoms with Crippen molar-refractivity contribution in [2.75, 3.05) is 6.54 Å². The highest BCUT2D eigenvalue weighted by atomic mass is 15.1. The standard InChI is InChI=1S/C10H17N3/c1-7(2)9-10(8(3)4)13-12-6-5-11-9/h5,7-8H,6H2,1-4H3. The smallest absolute Gasteiger partial charge is 0.0955 e. The van der Waals surface area contributed by atoms with Gasteiger partial charge in [-0.3, -0.25) is 4.99 Å². The van der Waals surface area contributed by atoms with Gasteiger partial charge in [-0.25, -0.2) is 0 Å². The zero-order valence-electron chi connectivity index (χ0n) is 8.78. The molecule has 0 radical (unpaired) electrons. The Hall–Kier alpha value is -0.990. The average Bonchev–Trinajstić information content (AvgIpc) is 2.27. The van der Waals surface area contributed by atoms with Crippen LogP contribution < -0.4 is 0 Å². The van der Waals surface area contributed by atoms with Gasteiger partial charge >= 0.3 is 0 Å². The van der Waals surface area contributed by atoms with Crippen molar-refractivity contribution in [1.29, 1.82) is 0 Å². The number of azo groups is 1. The van der Waals surface area contributed by atoms with Crippen molar-refractivity contribution in [1.82, 2.24) is 0 Å². The molecule has 0 fully saturated rings. The van der Waals surface area contributed by atoms with Gasteiger partial charge in [0, 0.05) is 6.21 Å². The van der Waals surface area contributed by atoms with Crippen LogP contribution in [0.2, 0.25) is 0 Å². The van der Waals surface area contributed by atoms with Gasteiger partial charge in [0.05, 0.1) is 17.9 Å². The van der Waals surface area contributed by atoms with Gasteiger partial charge in [-0.1, -0.05) is 27.7 Å². The summed E-state index contributed by atoms with van der Waals surface area (Å²) < 4.78 is 0. The van der Waals surface area contributed by atoms with Crippen molar-refractivity contribution in [3.8, 4) is 0 Å². The molecule has 0 saturated heterocycles. The Morgan fingerprint density at radius 3 is 2.23 bits per heavy atom. The second kappa shape index (κ2) is 4.30. The molecule has 0 N–H and O–H groups in total. The second-order valence-electron chi connectivity index (χ2n) is 3.82. The van der Waals surface area contributed by atoms with Gasteiger partial charge < -0.3 is 0 Å². The van der Waals surface area contributed by atoms with E-state index in [1.807, 2.05) is 6.21 Å². The van der Waals surface area contributed by atoms with Gasteiger partial charge in [-0.2, -0.15) is 10.2 Å². The summed E-state index contributed by atoms with van der Waals surface area (Å²) in [6.07, 6.45) is 1.83. The Labute approximate surface area is 79.7 Å². The molecule has 0 saturated carbocycles. The minimum Gasteiger partial charge on any atom is -0.261 e. The highest BCUT2D eigenvalue weighted by Gasteiger charge is 2.13. The number of nitrogens with zero attached hydrogens (tertiary/aromatic N) is 3. The lowest BCUT2D eigenvalue weighted by molar-refractivity contribution is 0.669. The van der Waals surface area contributed by atoms with Crippen LogP contribution in [0.25, 0.3) is 0 Å². The maximum absolute atomic E-state index is 4.39. The van der Waals surface area contributed by atoms with E-state index < -0.39 is 0 Å². The molecule has 0 aromatic rings. The lowest BCUT2D eigenvalue weighted by Crippen LogP contribution is -2.00. The largest absolute Gasteiger partial charge is 0.261 e. The van der Waals surface area contributed by atoms with E-state index >= 15 is 0 Å². The maximum Gasteiger partial charge on any atom is 0.0955 e. The fourth-order valence-corrected chi connectivity index (χ4v) is 1.27. The molecule has 0 amide bonds. The quantitative estimate of drug-likeness (QED) is 0.625. The number of hydrogen-bond acceptors (Lipinski definition) is 3. The number of rotatable bonds is 2. The van der Waals surface area contributed by atoms with Crippen molar-refractivity contribution >= 4 is 6.21 Å². The molecule has 1 aliphatic rings. The highest BCUT2D eigenvalue weighted by molar-refractivity contribution is 5.62. The Kier molecular flexibility index (Phi) is 3.34. The fourth-order valence-electron chi connectivity index (χ4n) is 1.27. The van der Waals surface area contributed by atoms with Gasteiger partial charge in [0.2, 0.25) is 0 Å². The minimum absolute atomic E-state index is 0.399. The SMILES string of the molecule is CC(C)C1=C(C(C)C)N=NCC=N1. The Morgan fingerprint density at radius 1 is 1.08 bits per heavy atom. The van der Waals surface area contributed by atoms with Gasteiger partial charge in [0.15, 0.2) is 0 Å². The van der Waals surface area contributed by atoms with Crippen molar-refractivity contribution in [2.45, 2.75) is 27.7 Å². The molecule has 0 aromatic carbocycles. The molecule has 1 aliphatic heterocycles. The molecule has 0 spiro atoms.